The molecular formula is C22H21BrN2O2. The molecule has 3 unspecified atom stereocenters. The molecule has 5 heteroatoms. The minimum Gasteiger partial charge on any atom is -0.440 e. The van der Waals surface area contributed by atoms with Crippen molar-refractivity contribution in [1.82, 2.24) is 9.88 Å². The summed E-state index contributed by atoms with van der Waals surface area (Å²) in [6.07, 6.45) is 2.99. The summed E-state index contributed by atoms with van der Waals surface area (Å²) in [4.78, 5) is 19.7. The van der Waals surface area contributed by atoms with E-state index in [-0.39, 0.29) is 11.8 Å². The van der Waals surface area contributed by atoms with Gasteiger partial charge in [0.2, 0.25) is 5.91 Å². The number of amides is 1. The van der Waals surface area contributed by atoms with Crippen LogP contribution < -0.4 is 0 Å². The number of benzene rings is 2. The highest BCUT2D eigenvalue weighted by Gasteiger charge is 2.46. The first-order valence-electron chi connectivity index (χ1n) is 9.59. The summed E-state index contributed by atoms with van der Waals surface area (Å²) < 4.78 is 7.04. The lowest BCUT2D eigenvalue weighted by atomic mass is 9.97. The minimum absolute atomic E-state index is 0.127. The van der Waals surface area contributed by atoms with Gasteiger partial charge in [-0.3, -0.25) is 4.79 Å². The maximum atomic E-state index is 13.0. The van der Waals surface area contributed by atoms with E-state index in [1.54, 1.807) is 0 Å². The average Bonchev–Trinajstić information content (AvgIpc) is 3.38. The van der Waals surface area contributed by atoms with E-state index in [1.165, 1.54) is 5.56 Å². The summed E-state index contributed by atoms with van der Waals surface area (Å²) in [6.45, 7) is 1.56. The van der Waals surface area contributed by atoms with Gasteiger partial charge in [0.25, 0.3) is 0 Å². The molecule has 1 saturated carbocycles. The van der Waals surface area contributed by atoms with Crippen molar-refractivity contribution in [3.63, 3.8) is 0 Å². The van der Waals surface area contributed by atoms with Crippen molar-refractivity contribution in [3.8, 4) is 0 Å². The molecule has 1 saturated heterocycles. The molecule has 27 heavy (non-hydrogen) atoms. The standard InChI is InChI=1S/C22H21BrN2O2/c23-16-7-3-5-14(11-16)17-12-18(17)22(26)25-10-4-6-15(13-25)21-24-19-8-1-2-9-20(19)27-21/h1-3,5,7-9,11,15,17-18H,4,6,10,12-13H2. The molecule has 0 spiro atoms. The fraction of sp³-hybridized carbons (Fsp3) is 0.364. The fourth-order valence-electron chi connectivity index (χ4n) is 4.25. The smallest absolute Gasteiger partial charge is 0.226 e. The Kier molecular flexibility index (Phi) is 4.27. The summed E-state index contributed by atoms with van der Waals surface area (Å²) in [6, 6.07) is 16.2. The molecule has 2 aromatic carbocycles. The van der Waals surface area contributed by atoms with Gasteiger partial charge in [-0.25, -0.2) is 4.98 Å². The molecule has 2 aliphatic rings. The van der Waals surface area contributed by atoms with Gasteiger partial charge in [-0.15, -0.1) is 0 Å². The molecule has 1 aliphatic heterocycles. The first kappa shape index (κ1) is 17.0. The van der Waals surface area contributed by atoms with Crippen LogP contribution in [-0.2, 0) is 4.79 Å². The van der Waals surface area contributed by atoms with Crippen molar-refractivity contribution in [2.24, 2.45) is 5.92 Å². The number of oxazole rings is 1. The average molecular weight is 425 g/mol. The molecule has 138 valence electrons. The third-order valence-electron chi connectivity index (χ3n) is 5.78. The van der Waals surface area contributed by atoms with Crippen molar-refractivity contribution in [2.75, 3.05) is 13.1 Å². The number of halogens is 1. The highest BCUT2D eigenvalue weighted by atomic mass is 79.9. The van der Waals surface area contributed by atoms with Crippen LogP contribution in [0.25, 0.3) is 11.1 Å². The van der Waals surface area contributed by atoms with Crippen LogP contribution >= 0.6 is 15.9 Å². The van der Waals surface area contributed by atoms with Crippen LogP contribution in [0.2, 0.25) is 0 Å². The second-order valence-corrected chi connectivity index (χ2v) is 8.56. The number of hydrogen-bond acceptors (Lipinski definition) is 3. The Bertz CT molecular complexity index is 966. The Morgan fingerprint density at radius 2 is 2.07 bits per heavy atom. The van der Waals surface area contributed by atoms with Gasteiger partial charge in [-0.2, -0.15) is 0 Å². The van der Waals surface area contributed by atoms with Crippen LogP contribution in [0, 0.1) is 5.92 Å². The zero-order valence-corrected chi connectivity index (χ0v) is 16.6. The molecule has 3 atom stereocenters. The van der Waals surface area contributed by atoms with Crippen molar-refractivity contribution < 1.29 is 9.21 Å². The number of aromatic nitrogens is 1. The van der Waals surface area contributed by atoms with Gasteiger partial charge in [-0.1, -0.05) is 40.2 Å². The number of fused-ring (bicyclic) bond motifs is 1. The Labute approximate surface area is 166 Å². The van der Waals surface area contributed by atoms with Crippen LogP contribution in [0.15, 0.2) is 57.4 Å². The lowest BCUT2D eigenvalue weighted by Gasteiger charge is -2.31. The van der Waals surface area contributed by atoms with E-state index in [9.17, 15) is 4.79 Å². The largest absolute Gasteiger partial charge is 0.440 e. The van der Waals surface area contributed by atoms with E-state index in [0.717, 1.165) is 47.3 Å². The number of rotatable bonds is 3. The van der Waals surface area contributed by atoms with Gasteiger partial charge in [-0.05, 0) is 55.0 Å². The summed E-state index contributed by atoms with van der Waals surface area (Å²) in [5.74, 6) is 1.74. The molecule has 0 bridgehead atoms. The van der Waals surface area contributed by atoms with E-state index in [4.69, 9.17) is 4.42 Å². The second kappa shape index (κ2) is 6.79. The SMILES string of the molecule is O=C(C1CC1c1cccc(Br)c1)N1CCCC(c2nc3ccccc3o2)C1. The van der Waals surface area contributed by atoms with Gasteiger partial charge in [0.15, 0.2) is 11.5 Å². The highest BCUT2D eigenvalue weighted by molar-refractivity contribution is 9.10. The topological polar surface area (TPSA) is 46.3 Å². The fourth-order valence-corrected chi connectivity index (χ4v) is 4.67. The number of hydrogen-bond donors (Lipinski definition) is 0. The molecule has 0 radical (unpaired) electrons. The van der Waals surface area contributed by atoms with E-state index in [0.29, 0.717) is 18.4 Å². The Morgan fingerprint density at radius 1 is 1.19 bits per heavy atom. The van der Waals surface area contributed by atoms with Crippen molar-refractivity contribution >= 4 is 32.9 Å². The third kappa shape index (κ3) is 3.29. The van der Waals surface area contributed by atoms with Crippen molar-refractivity contribution in [2.45, 2.75) is 31.1 Å². The van der Waals surface area contributed by atoms with E-state index < -0.39 is 0 Å². The van der Waals surface area contributed by atoms with Crippen molar-refractivity contribution in [3.05, 3.63) is 64.5 Å². The quantitative estimate of drug-likeness (QED) is 0.587. The first-order valence-corrected chi connectivity index (χ1v) is 10.4. The number of nitrogens with zero attached hydrogens (tertiary/aromatic N) is 2. The first-order chi connectivity index (χ1) is 13.2. The molecule has 5 rings (SSSR count). The zero-order chi connectivity index (χ0) is 18.4. The molecule has 2 heterocycles. The van der Waals surface area contributed by atoms with Crippen LogP contribution in [0.5, 0.6) is 0 Å². The number of carbonyl (C=O) groups is 1. The monoisotopic (exact) mass is 424 g/mol. The van der Waals surface area contributed by atoms with Crippen LogP contribution in [0.1, 0.15) is 42.6 Å². The highest BCUT2D eigenvalue weighted by Crippen LogP contribution is 2.49. The molecule has 2 fully saturated rings. The van der Waals surface area contributed by atoms with E-state index in [2.05, 4.69) is 33.0 Å². The van der Waals surface area contributed by atoms with Crippen LogP contribution in [0.4, 0.5) is 0 Å². The lowest BCUT2D eigenvalue weighted by molar-refractivity contribution is -0.134. The molecule has 3 aromatic rings. The molecule has 1 aromatic heterocycles. The van der Waals surface area contributed by atoms with Gasteiger partial charge < -0.3 is 9.32 Å². The zero-order valence-electron chi connectivity index (χ0n) is 15.0. The number of carbonyl (C=O) groups excluding carboxylic acids is 1. The van der Waals surface area contributed by atoms with E-state index in [1.807, 2.05) is 41.3 Å². The van der Waals surface area contributed by atoms with Gasteiger partial charge >= 0.3 is 0 Å². The lowest BCUT2D eigenvalue weighted by Crippen LogP contribution is -2.40. The predicted octanol–water partition coefficient (Wildman–Crippen LogP) is 5.10. The summed E-state index contributed by atoms with van der Waals surface area (Å²) >= 11 is 3.53. The normalized spacial score (nSPS) is 24.9. The number of piperidine rings is 1. The molecular weight excluding hydrogens is 404 g/mol. The van der Waals surface area contributed by atoms with Crippen molar-refractivity contribution in [1.29, 1.82) is 0 Å². The summed E-state index contributed by atoms with van der Waals surface area (Å²) in [5, 5.41) is 0. The molecule has 0 N–H and O–H groups in total. The van der Waals surface area contributed by atoms with E-state index >= 15 is 0 Å². The number of likely N-dealkylation sites (tertiary alicyclic amines) is 1. The minimum atomic E-state index is 0.127. The predicted molar refractivity (Wildman–Crippen MR) is 108 cm³/mol. The maximum absolute atomic E-state index is 13.0. The summed E-state index contributed by atoms with van der Waals surface area (Å²) in [5.41, 5.74) is 2.98. The Hall–Kier alpha value is -2.14. The Balaban J connectivity index is 1.29. The van der Waals surface area contributed by atoms with Crippen LogP contribution in [-0.4, -0.2) is 28.9 Å². The summed E-state index contributed by atoms with van der Waals surface area (Å²) in [7, 11) is 0. The third-order valence-corrected chi connectivity index (χ3v) is 6.27. The van der Waals surface area contributed by atoms with Gasteiger partial charge in [0, 0.05) is 23.5 Å². The number of para-hydroxylation sites is 2. The molecule has 1 aliphatic carbocycles. The van der Waals surface area contributed by atoms with Gasteiger partial charge in [0.05, 0.1) is 5.92 Å². The second-order valence-electron chi connectivity index (χ2n) is 7.65. The van der Waals surface area contributed by atoms with Gasteiger partial charge in [0.1, 0.15) is 5.52 Å². The maximum Gasteiger partial charge on any atom is 0.226 e. The van der Waals surface area contributed by atoms with Crippen LogP contribution in [0.3, 0.4) is 0 Å². The Morgan fingerprint density at radius 3 is 2.93 bits per heavy atom. The molecule has 1 amide bonds. The molecule has 4 nitrogen and oxygen atoms in total.